The summed E-state index contributed by atoms with van der Waals surface area (Å²) in [5.41, 5.74) is 6.58. The predicted molar refractivity (Wildman–Crippen MR) is 138 cm³/mol. The molecule has 0 bridgehead atoms. The third kappa shape index (κ3) is 2.21. The second-order valence-electron chi connectivity index (χ2n) is 10.4. The summed E-state index contributed by atoms with van der Waals surface area (Å²) in [6.45, 7) is 9.37. The highest BCUT2D eigenvalue weighted by Crippen LogP contribution is 2.56. The van der Waals surface area contributed by atoms with E-state index in [0.717, 1.165) is 16.9 Å². The molecule has 2 nitrogen and oxygen atoms in total. The Balaban J connectivity index is 1.69. The summed E-state index contributed by atoms with van der Waals surface area (Å²) in [4.78, 5) is 4.83. The molecule has 2 heteroatoms. The van der Waals surface area contributed by atoms with Crippen LogP contribution < -0.4 is 0 Å². The van der Waals surface area contributed by atoms with Gasteiger partial charge in [-0.25, -0.2) is 0 Å². The van der Waals surface area contributed by atoms with Crippen molar-refractivity contribution in [1.29, 1.82) is 0 Å². The summed E-state index contributed by atoms with van der Waals surface area (Å²) < 4.78 is 6.89. The van der Waals surface area contributed by atoms with Crippen molar-refractivity contribution >= 4 is 43.5 Å². The molecule has 33 heavy (non-hydrogen) atoms. The van der Waals surface area contributed by atoms with E-state index in [1.165, 1.54) is 49.0 Å². The minimum Gasteiger partial charge on any atom is -0.455 e. The third-order valence-electron chi connectivity index (χ3n) is 8.44. The molecule has 6 aromatic rings. The van der Waals surface area contributed by atoms with Crippen molar-refractivity contribution in [2.24, 2.45) is 0 Å². The molecule has 0 saturated carbocycles. The number of nitrogens with zero attached hydrogens (tertiary/aromatic N) is 1. The van der Waals surface area contributed by atoms with Crippen LogP contribution in [0.25, 0.3) is 54.7 Å². The molecular weight excluding hydrogens is 402 g/mol. The quantitative estimate of drug-likeness (QED) is 0.227. The van der Waals surface area contributed by atoms with E-state index in [2.05, 4.69) is 100 Å². The number of pyridine rings is 1. The standard InChI is InChI=1S/C31H25NO/c1-30(2)24-10-7-17-32-27(24)23-16-15-22-21-14-13-19-12-11-18-8-5-6-9-20(18)25(19)28(21)33-29(22)26(23)31(30,3)4/h5-17H,1-4H3. The van der Waals surface area contributed by atoms with Gasteiger partial charge in [0.15, 0.2) is 0 Å². The molecule has 1 aliphatic rings. The van der Waals surface area contributed by atoms with Crippen LogP contribution in [0.2, 0.25) is 0 Å². The van der Waals surface area contributed by atoms with Crippen LogP contribution in [0.1, 0.15) is 38.8 Å². The van der Waals surface area contributed by atoms with E-state index in [-0.39, 0.29) is 10.8 Å². The maximum atomic E-state index is 6.89. The van der Waals surface area contributed by atoms with Gasteiger partial charge >= 0.3 is 0 Å². The second kappa shape index (κ2) is 6.02. The van der Waals surface area contributed by atoms with Gasteiger partial charge in [-0.15, -0.1) is 0 Å². The first kappa shape index (κ1) is 18.9. The highest BCUT2D eigenvalue weighted by atomic mass is 16.3. The van der Waals surface area contributed by atoms with Crippen molar-refractivity contribution in [2.75, 3.05) is 0 Å². The molecule has 2 aromatic heterocycles. The summed E-state index contributed by atoms with van der Waals surface area (Å²) >= 11 is 0. The number of aromatic nitrogens is 1. The Morgan fingerprint density at radius 2 is 1.36 bits per heavy atom. The lowest BCUT2D eigenvalue weighted by molar-refractivity contribution is 0.298. The number of rotatable bonds is 0. The molecular formula is C31H25NO. The Morgan fingerprint density at radius 3 is 2.24 bits per heavy atom. The van der Waals surface area contributed by atoms with Gasteiger partial charge in [-0.1, -0.05) is 82.3 Å². The number of hydrogen-bond donors (Lipinski definition) is 0. The molecule has 160 valence electrons. The Kier molecular flexibility index (Phi) is 3.44. The van der Waals surface area contributed by atoms with Gasteiger partial charge in [-0.2, -0.15) is 0 Å². The van der Waals surface area contributed by atoms with Crippen LogP contribution in [0.4, 0.5) is 0 Å². The van der Waals surface area contributed by atoms with Gasteiger partial charge in [0, 0.05) is 44.3 Å². The van der Waals surface area contributed by atoms with Gasteiger partial charge in [0.25, 0.3) is 0 Å². The molecule has 0 atom stereocenters. The summed E-state index contributed by atoms with van der Waals surface area (Å²) in [5.74, 6) is 0. The number of benzene rings is 4. The first-order valence-electron chi connectivity index (χ1n) is 11.7. The number of hydrogen-bond acceptors (Lipinski definition) is 2. The first-order chi connectivity index (χ1) is 15.9. The van der Waals surface area contributed by atoms with Crippen LogP contribution in [0.15, 0.2) is 83.4 Å². The van der Waals surface area contributed by atoms with Crippen molar-refractivity contribution in [3.05, 3.63) is 90.1 Å². The van der Waals surface area contributed by atoms with Gasteiger partial charge < -0.3 is 4.42 Å². The van der Waals surface area contributed by atoms with E-state index >= 15 is 0 Å². The van der Waals surface area contributed by atoms with Gasteiger partial charge in [-0.3, -0.25) is 4.98 Å². The lowest BCUT2D eigenvalue weighted by Gasteiger charge is -2.47. The Hall–Kier alpha value is -3.65. The zero-order valence-corrected chi connectivity index (χ0v) is 19.4. The Morgan fingerprint density at radius 1 is 0.636 bits per heavy atom. The lowest BCUT2D eigenvalue weighted by atomic mass is 9.56. The van der Waals surface area contributed by atoms with Gasteiger partial charge in [-0.05, 0) is 39.9 Å². The summed E-state index contributed by atoms with van der Waals surface area (Å²) in [5, 5.41) is 7.24. The predicted octanol–water partition coefficient (Wildman–Crippen LogP) is 8.52. The van der Waals surface area contributed by atoms with E-state index in [1.807, 2.05) is 6.20 Å². The van der Waals surface area contributed by atoms with E-state index < -0.39 is 0 Å². The van der Waals surface area contributed by atoms with Gasteiger partial charge in [0.2, 0.25) is 0 Å². The van der Waals surface area contributed by atoms with Crippen LogP contribution >= 0.6 is 0 Å². The van der Waals surface area contributed by atoms with Crippen LogP contribution in [-0.4, -0.2) is 4.98 Å². The molecule has 0 spiro atoms. The van der Waals surface area contributed by atoms with Gasteiger partial charge in [0.05, 0.1) is 5.69 Å². The van der Waals surface area contributed by atoms with Crippen LogP contribution in [0.5, 0.6) is 0 Å². The maximum absolute atomic E-state index is 6.89. The number of fused-ring (bicyclic) bond motifs is 11. The van der Waals surface area contributed by atoms with E-state index in [0.29, 0.717) is 0 Å². The average Bonchev–Trinajstić information content (AvgIpc) is 3.21. The largest absolute Gasteiger partial charge is 0.455 e. The zero-order valence-electron chi connectivity index (χ0n) is 19.4. The fourth-order valence-corrected chi connectivity index (χ4v) is 5.98. The van der Waals surface area contributed by atoms with Crippen LogP contribution in [0, 0.1) is 0 Å². The maximum Gasteiger partial charge on any atom is 0.143 e. The molecule has 0 unspecified atom stereocenters. The molecule has 0 radical (unpaired) electrons. The molecule has 4 aromatic carbocycles. The average molecular weight is 428 g/mol. The van der Waals surface area contributed by atoms with Crippen molar-refractivity contribution in [1.82, 2.24) is 4.98 Å². The third-order valence-corrected chi connectivity index (χ3v) is 8.44. The smallest absolute Gasteiger partial charge is 0.143 e. The van der Waals surface area contributed by atoms with Gasteiger partial charge in [0.1, 0.15) is 11.2 Å². The summed E-state index contributed by atoms with van der Waals surface area (Å²) in [6.07, 6.45) is 1.90. The molecule has 0 aliphatic heterocycles. The second-order valence-corrected chi connectivity index (χ2v) is 10.4. The molecule has 2 heterocycles. The Bertz CT molecular complexity index is 1770. The van der Waals surface area contributed by atoms with Crippen molar-refractivity contribution in [2.45, 2.75) is 38.5 Å². The zero-order chi connectivity index (χ0) is 22.5. The SMILES string of the molecule is CC1(C)c2cccnc2-c2ccc3c(oc4c3ccc3ccc5ccccc5c34)c2C1(C)C. The molecule has 0 fully saturated rings. The normalized spacial score (nSPS) is 16.4. The minimum absolute atomic E-state index is 0.0917. The summed E-state index contributed by atoms with van der Waals surface area (Å²) in [6, 6.07) is 26.2. The first-order valence-corrected chi connectivity index (χ1v) is 11.7. The molecule has 1 aliphatic carbocycles. The Labute approximate surface area is 192 Å². The molecule has 7 rings (SSSR count). The highest BCUT2D eigenvalue weighted by molar-refractivity contribution is 6.23. The van der Waals surface area contributed by atoms with E-state index in [4.69, 9.17) is 9.40 Å². The van der Waals surface area contributed by atoms with E-state index in [9.17, 15) is 0 Å². The fourth-order valence-electron chi connectivity index (χ4n) is 5.98. The lowest BCUT2D eigenvalue weighted by Crippen LogP contribution is -2.43. The minimum atomic E-state index is -0.135. The highest BCUT2D eigenvalue weighted by Gasteiger charge is 2.48. The molecule has 0 saturated heterocycles. The fraction of sp³-hybridized carbons (Fsp3) is 0.194. The van der Waals surface area contributed by atoms with Crippen LogP contribution in [-0.2, 0) is 10.8 Å². The van der Waals surface area contributed by atoms with Crippen LogP contribution in [0.3, 0.4) is 0 Å². The summed E-state index contributed by atoms with van der Waals surface area (Å²) in [7, 11) is 0. The van der Waals surface area contributed by atoms with E-state index in [1.54, 1.807) is 0 Å². The monoisotopic (exact) mass is 427 g/mol. The van der Waals surface area contributed by atoms with Crippen molar-refractivity contribution in [3.63, 3.8) is 0 Å². The molecule has 0 amide bonds. The topological polar surface area (TPSA) is 26.0 Å². The van der Waals surface area contributed by atoms with Crippen molar-refractivity contribution < 1.29 is 4.42 Å². The number of furan rings is 1. The van der Waals surface area contributed by atoms with Crippen molar-refractivity contribution in [3.8, 4) is 11.3 Å². The molecule has 0 N–H and O–H groups in total.